The van der Waals surface area contributed by atoms with Crippen molar-refractivity contribution in [3.05, 3.63) is 72.2 Å². The molecule has 7 heteroatoms. The maximum Gasteiger partial charge on any atom is 0.127 e. The Morgan fingerprint density at radius 3 is 2.93 bits per heavy atom. The first-order valence-corrected chi connectivity index (χ1v) is 9.37. The highest BCUT2D eigenvalue weighted by atomic mass is 15.1. The Balaban J connectivity index is 1.55. The van der Waals surface area contributed by atoms with Gasteiger partial charge in [0.2, 0.25) is 0 Å². The number of aromatic amines is 2. The molecule has 29 heavy (non-hydrogen) atoms. The second kappa shape index (κ2) is 8.53. The van der Waals surface area contributed by atoms with Gasteiger partial charge in [0.1, 0.15) is 5.84 Å². The minimum absolute atomic E-state index is 0.550. The molecule has 0 bridgehead atoms. The summed E-state index contributed by atoms with van der Waals surface area (Å²) in [5, 5.41) is 15.8. The Morgan fingerprint density at radius 2 is 2.07 bits per heavy atom. The van der Waals surface area contributed by atoms with E-state index in [4.69, 9.17) is 4.99 Å². The third kappa shape index (κ3) is 4.41. The zero-order valence-corrected chi connectivity index (χ0v) is 16.2. The zero-order chi connectivity index (χ0) is 20.1. The predicted octanol–water partition coefficient (Wildman–Crippen LogP) is 3.99. The topological polar surface area (TPSA) is 93.2 Å². The van der Waals surface area contributed by atoms with E-state index < -0.39 is 0 Å². The van der Waals surface area contributed by atoms with Crippen molar-refractivity contribution >= 4 is 40.0 Å². The highest BCUT2D eigenvalue weighted by Gasteiger charge is 2.03. The van der Waals surface area contributed by atoms with Gasteiger partial charge in [-0.3, -0.25) is 15.1 Å². The van der Waals surface area contributed by atoms with Gasteiger partial charge in [-0.25, -0.2) is 0 Å². The van der Waals surface area contributed by atoms with Crippen LogP contribution < -0.4 is 10.6 Å². The lowest BCUT2D eigenvalue weighted by molar-refractivity contribution is 0.799. The molecule has 2 aromatic heterocycles. The smallest absolute Gasteiger partial charge is 0.127 e. The first kappa shape index (κ1) is 18.6. The van der Waals surface area contributed by atoms with Crippen molar-refractivity contribution in [1.29, 1.82) is 0 Å². The average Bonchev–Trinajstić information content (AvgIpc) is 3.35. The standard InChI is InChI=1S/C22H23N7/c1-23-8-7-22(28-18-5-6-20-17(11-18)13-26-29-20)25-12-15-3-4-16-10-19(14-24-2)27-21(16)9-15/h3-11,13,24,27H,1,12,14H2,2H3,(H,25,28)(H,26,29)/b8-7-. The molecule has 4 N–H and O–H groups in total. The van der Waals surface area contributed by atoms with Gasteiger partial charge in [0, 0.05) is 35.0 Å². The molecule has 0 atom stereocenters. The summed E-state index contributed by atoms with van der Waals surface area (Å²) in [5.74, 6) is 0.711. The summed E-state index contributed by atoms with van der Waals surface area (Å²) in [6.45, 7) is 4.87. The molecule has 0 aliphatic rings. The fourth-order valence-electron chi connectivity index (χ4n) is 3.22. The van der Waals surface area contributed by atoms with E-state index in [2.05, 4.69) is 61.8 Å². The van der Waals surface area contributed by atoms with Gasteiger partial charge in [0.15, 0.2) is 0 Å². The van der Waals surface area contributed by atoms with E-state index in [0.717, 1.165) is 34.2 Å². The van der Waals surface area contributed by atoms with Crippen LogP contribution in [0.25, 0.3) is 21.8 Å². The molecular weight excluding hydrogens is 362 g/mol. The lowest BCUT2D eigenvalue weighted by atomic mass is 10.1. The summed E-state index contributed by atoms with van der Waals surface area (Å²) >= 11 is 0. The van der Waals surface area contributed by atoms with Crippen molar-refractivity contribution in [2.75, 3.05) is 12.4 Å². The van der Waals surface area contributed by atoms with Gasteiger partial charge in [-0.2, -0.15) is 5.10 Å². The molecule has 0 fully saturated rings. The largest absolute Gasteiger partial charge is 0.357 e. The molecule has 2 aromatic carbocycles. The first-order valence-electron chi connectivity index (χ1n) is 9.37. The van der Waals surface area contributed by atoms with Gasteiger partial charge in [0.05, 0.1) is 18.3 Å². The van der Waals surface area contributed by atoms with Crippen LogP contribution in [0.1, 0.15) is 11.3 Å². The number of rotatable bonds is 7. The summed E-state index contributed by atoms with van der Waals surface area (Å²) in [6.07, 6.45) is 5.23. The third-order valence-electron chi connectivity index (χ3n) is 4.59. The van der Waals surface area contributed by atoms with Crippen molar-refractivity contribution in [3.63, 3.8) is 0 Å². The Bertz CT molecular complexity index is 1200. The Morgan fingerprint density at radius 1 is 1.14 bits per heavy atom. The normalized spacial score (nSPS) is 12.2. The lowest BCUT2D eigenvalue weighted by Gasteiger charge is -2.07. The molecule has 0 radical (unpaired) electrons. The molecule has 7 nitrogen and oxygen atoms in total. The Kier molecular flexibility index (Phi) is 5.49. The maximum absolute atomic E-state index is 4.73. The molecule has 0 spiro atoms. The molecule has 4 aromatic rings. The van der Waals surface area contributed by atoms with Crippen LogP contribution in [-0.4, -0.2) is 34.8 Å². The molecule has 0 saturated carbocycles. The van der Waals surface area contributed by atoms with Gasteiger partial charge in [-0.15, -0.1) is 0 Å². The minimum Gasteiger partial charge on any atom is -0.357 e. The van der Waals surface area contributed by atoms with E-state index in [0.29, 0.717) is 12.4 Å². The van der Waals surface area contributed by atoms with E-state index in [1.807, 2.05) is 31.3 Å². The number of H-pyrrole nitrogens is 2. The van der Waals surface area contributed by atoms with Gasteiger partial charge in [-0.05, 0) is 61.1 Å². The molecule has 0 aliphatic carbocycles. The highest BCUT2D eigenvalue weighted by molar-refractivity contribution is 6.04. The SMILES string of the molecule is C=N/C=C\C(=NCc1ccc2cc(CNC)[nH]c2c1)Nc1ccc2[nH]ncc2c1. The van der Waals surface area contributed by atoms with Crippen LogP contribution in [-0.2, 0) is 13.1 Å². The van der Waals surface area contributed by atoms with Gasteiger partial charge >= 0.3 is 0 Å². The fraction of sp³-hybridized carbons (Fsp3) is 0.136. The fourth-order valence-corrected chi connectivity index (χ4v) is 3.22. The summed E-state index contributed by atoms with van der Waals surface area (Å²) in [5.41, 5.74) is 5.34. The van der Waals surface area contributed by atoms with Crippen LogP contribution in [0.15, 0.2) is 70.9 Å². The van der Waals surface area contributed by atoms with E-state index >= 15 is 0 Å². The Hall–Kier alpha value is -3.71. The quantitative estimate of drug-likeness (QED) is 0.286. The summed E-state index contributed by atoms with van der Waals surface area (Å²) < 4.78 is 0. The Labute approximate surface area is 168 Å². The minimum atomic E-state index is 0.550. The number of nitrogens with one attached hydrogen (secondary N) is 4. The van der Waals surface area contributed by atoms with Gasteiger partial charge in [-0.1, -0.05) is 12.1 Å². The molecule has 146 valence electrons. The van der Waals surface area contributed by atoms with Crippen molar-refractivity contribution in [2.45, 2.75) is 13.1 Å². The average molecular weight is 385 g/mol. The molecule has 0 amide bonds. The summed E-state index contributed by atoms with van der Waals surface area (Å²) in [6, 6.07) is 14.5. The van der Waals surface area contributed by atoms with E-state index in [-0.39, 0.29) is 0 Å². The second-order valence-corrected chi connectivity index (χ2v) is 6.74. The molecule has 0 aliphatic heterocycles. The lowest BCUT2D eigenvalue weighted by Crippen LogP contribution is -2.09. The first-order chi connectivity index (χ1) is 14.2. The molecule has 0 saturated heterocycles. The van der Waals surface area contributed by atoms with E-state index in [9.17, 15) is 0 Å². The third-order valence-corrected chi connectivity index (χ3v) is 4.59. The van der Waals surface area contributed by atoms with Crippen LogP contribution in [0.5, 0.6) is 0 Å². The van der Waals surface area contributed by atoms with Gasteiger partial charge in [0.25, 0.3) is 0 Å². The van der Waals surface area contributed by atoms with Crippen LogP contribution in [0.3, 0.4) is 0 Å². The number of nitrogens with zero attached hydrogens (tertiary/aromatic N) is 3. The summed E-state index contributed by atoms with van der Waals surface area (Å²) in [7, 11) is 1.94. The summed E-state index contributed by atoms with van der Waals surface area (Å²) in [4.78, 5) is 12.0. The number of hydrogen-bond acceptors (Lipinski definition) is 4. The van der Waals surface area contributed by atoms with Crippen molar-refractivity contribution in [1.82, 2.24) is 20.5 Å². The van der Waals surface area contributed by atoms with Crippen molar-refractivity contribution in [2.24, 2.45) is 9.98 Å². The van der Waals surface area contributed by atoms with E-state index in [1.165, 1.54) is 11.1 Å². The van der Waals surface area contributed by atoms with Crippen molar-refractivity contribution in [3.8, 4) is 0 Å². The molecule has 0 unspecified atom stereocenters. The van der Waals surface area contributed by atoms with Gasteiger partial charge < -0.3 is 15.6 Å². The zero-order valence-electron chi connectivity index (χ0n) is 16.2. The monoisotopic (exact) mass is 385 g/mol. The van der Waals surface area contributed by atoms with Crippen molar-refractivity contribution < 1.29 is 0 Å². The van der Waals surface area contributed by atoms with Crippen LogP contribution >= 0.6 is 0 Å². The van der Waals surface area contributed by atoms with Crippen LogP contribution in [0.2, 0.25) is 0 Å². The predicted molar refractivity (Wildman–Crippen MR) is 121 cm³/mol. The number of aromatic nitrogens is 3. The number of amidine groups is 1. The van der Waals surface area contributed by atoms with Crippen LogP contribution in [0, 0.1) is 0 Å². The maximum atomic E-state index is 4.73. The second-order valence-electron chi connectivity index (χ2n) is 6.74. The number of anilines is 1. The van der Waals surface area contributed by atoms with Crippen LogP contribution in [0.4, 0.5) is 5.69 Å². The number of benzene rings is 2. The number of hydrogen-bond donors (Lipinski definition) is 4. The molecule has 2 heterocycles. The molecule has 4 rings (SSSR count). The number of aliphatic imine (C=N–C) groups is 2. The number of fused-ring (bicyclic) bond motifs is 2. The van der Waals surface area contributed by atoms with E-state index in [1.54, 1.807) is 12.4 Å². The molecular formula is C22H23N7. The highest BCUT2D eigenvalue weighted by Crippen LogP contribution is 2.19.